The second-order valence-corrected chi connectivity index (χ2v) is 10.1. The number of hydrogen-bond donors (Lipinski definition) is 2. The minimum absolute atomic E-state index is 0. The van der Waals surface area contributed by atoms with Crippen molar-refractivity contribution in [3.8, 4) is 17.0 Å². The fraction of sp³-hybridized carbons (Fsp3) is 0.259. The fourth-order valence-electron chi connectivity index (χ4n) is 4.35. The van der Waals surface area contributed by atoms with Crippen molar-refractivity contribution >= 4 is 46.5 Å². The number of aliphatic hydroxyl groups is 1. The monoisotopic (exact) mass is 529 g/mol. The minimum Gasteiger partial charge on any atom is -0.483 e. The molecule has 8 heteroatoms. The van der Waals surface area contributed by atoms with E-state index in [-0.39, 0.29) is 12.4 Å². The van der Waals surface area contributed by atoms with Gasteiger partial charge in [0.05, 0.1) is 11.2 Å². The van der Waals surface area contributed by atoms with Crippen LogP contribution in [0.2, 0.25) is 10.2 Å². The highest BCUT2D eigenvalue weighted by Crippen LogP contribution is 2.41. The van der Waals surface area contributed by atoms with Crippen LogP contribution >= 0.6 is 35.6 Å². The first kappa shape index (κ1) is 25.7. The Balaban J connectivity index is 0.00000289. The Bertz CT molecular complexity index is 1380. The van der Waals surface area contributed by atoms with Crippen LogP contribution in [0.25, 0.3) is 22.2 Å². The van der Waals surface area contributed by atoms with E-state index in [0.29, 0.717) is 23.1 Å². The molecule has 2 N–H and O–H groups in total. The number of nitrogens with one attached hydrogen (secondary N) is 1. The van der Waals surface area contributed by atoms with Gasteiger partial charge in [-0.2, -0.15) is 0 Å². The van der Waals surface area contributed by atoms with E-state index < -0.39 is 11.3 Å². The number of aromatic nitrogens is 2. The topological polar surface area (TPSA) is 67.3 Å². The van der Waals surface area contributed by atoms with Crippen LogP contribution < -0.4 is 10.1 Å². The molecule has 1 aliphatic heterocycles. The first-order valence-electron chi connectivity index (χ1n) is 11.1. The highest BCUT2D eigenvalue weighted by Gasteiger charge is 2.49. The van der Waals surface area contributed by atoms with Gasteiger partial charge >= 0.3 is 0 Å². The van der Waals surface area contributed by atoms with Gasteiger partial charge in [0.2, 0.25) is 0 Å². The Morgan fingerprint density at radius 2 is 1.80 bits per heavy atom. The Hall–Kier alpha value is -2.41. The number of rotatable bonds is 4. The zero-order valence-corrected chi connectivity index (χ0v) is 21.9. The number of fused-ring (bicyclic) bond motifs is 2. The van der Waals surface area contributed by atoms with Crippen molar-refractivity contribution in [2.24, 2.45) is 0 Å². The Morgan fingerprint density at radius 3 is 2.49 bits per heavy atom. The van der Waals surface area contributed by atoms with Crippen LogP contribution in [0.4, 0.5) is 0 Å². The molecule has 0 spiro atoms. The molecular weight excluding hydrogens is 505 g/mol. The second kappa shape index (κ2) is 9.57. The van der Waals surface area contributed by atoms with Crippen molar-refractivity contribution in [1.82, 2.24) is 15.3 Å². The van der Waals surface area contributed by atoms with Crippen molar-refractivity contribution in [3.63, 3.8) is 0 Å². The van der Waals surface area contributed by atoms with Gasteiger partial charge in [-0.25, -0.2) is 4.98 Å². The highest BCUT2D eigenvalue weighted by molar-refractivity contribution is 6.30. The molecule has 0 radical (unpaired) electrons. The third-order valence-electron chi connectivity index (χ3n) is 6.52. The Labute approximate surface area is 220 Å². The number of nitrogens with zero attached hydrogens (tertiary/aromatic N) is 2. The van der Waals surface area contributed by atoms with Crippen molar-refractivity contribution in [3.05, 3.63) is 87.7 Å². The van der Waals surface area contributed by atoms with Gasteiger partial charge in [0.15, 0.2) is 5.72 Å². The largest absolute Gasteiger partial charge is 0.483 e. The molecule has 0 bridgehead atoms. The standard InChI is InChI=1S/C27H25Cl2N3O2.ClH/c1-16-10-25(29)32-23-11-19-13-27(33,26(2,3)34-24(19)12-21(16)23)31-15-17-4-9-22(30-14-17)18-5-7-20(28)8-6-18;/h4-12,14,31,33H,13,15H2,1-3H3;1H/t27-;/m1./s1. The van der Waals surface area contributed by atoms with Gasteiger partial charge in [0, 0.05) is 40.7 Å². The average molecular weight is 531 g/mol. The molecule has 4 aromatic rings. The van der Waals surface area contributed by atoms with Crippen LogP contribution in [0, 0.1) is 6.92 Å². The zero-order chi connectivity index (χ0) is 24.1. The quantitative estimate of drug-likeness (QED) is 0.232. The molecule has 0 fully saturated rings. The van der Waals surface area contributed by atoms with Crippen LogP contribution in [0.5, 0.6) is 5.75 Å². The first-order valence-corrected chi connectivity index (χ1v) is 11.9. The van der Waals surface area contributed by atoms with Gasteiger partial charge in [0.25, 0.3) is 0 Å². The van der Waals surface area contributed by atoms with Crippen molar-refractivity contribution in [2.75, 3.05) is 0 Å². The lowest BCUT2D eigenvalue weighted by atomic mass is 9.84. The first-order chi connectivity index (χ1) is 16.1. The Morgan fingerprint density at radius 1 is 1.06 bits per heavy atom. The number of halogens is 3. The summed E-state index contributed by atoms with van der Waals surface area (Å²) < 4.78 is 6.30. The number of pyridine rings is 2. The van der Waals surface area contributed by atoms with E-state index in [1.54, 1.807) is 0 Å². The summed E-state index contributed by atoms with van der Waals surface area (Å²) in [5.41, 5.74) is 3.36. The van der Waals surface area contributed by atoms with E-state index in [0.717, 1.165) is 44.6 Å². The summed E-state index contributed by atoms with van der Waals surface area (Å²) in [5.74, 6) is 0.755. The van der Waals surface area contributed by atoms with Gasteiger partial charge < -0.3 is 9.84 Å². The molecular formula is C27H26Cl3N3O2. The maximum atomic E-state index is 11.6. The number of hydrogen-bond acceptors (Lipinski definition) is 5. The van der Waals surface area contributed by atoms with Gasteiger partial charge in [0.1, 0.15) is 16.5 Å². The number of ether oxygens (including phenoxy) is 1. The predicted molar refractivity (Wildman–Crippen MR) is 144 cm³/mol. The van der Waals surface area contributed by atoms with Gasteiger partial charge in [-0.15, -0.1) is 12.4 Å². The maximum Gasteiger partial charge on any atom is 0.159 e. The predicted octanol–water partition coefficient (Wildman–Crippen LogP) is 6.53. The van der Waals surface area contributed by atoms with E-state index in [2.05, 4.69) is 15.3 Å². The van der Waals surface area contributed by atoms with E-state index in [1.165, 1.54) is 0 Å². The lowest BCUT2D eigenvalue weighted by Crippen LogP contribution is -2.65. The lowest BCUT2D eigenvalue weighted by Gasteiger charge is -2.47. The molecule has 5 nitrogen and oxygen atoms in total. The van der Waals surface area contributed by atoms with Crippen LogP contribution in [0.3, 0.4) is 0 Å². The molecule has 0 aliphatic carbocycles. The molecule has 2 aromatic heterocycles. The molecule has 5 rings (SSSR count). The SMILES string of the molecule is Cc1cc(Cl)nc2cc3c(cc12)OC(C)(C)[C@@](O)(NCc1ccc(-c2ccc(Cl)cc2)nc1)C3.Cl. The minimum atomic E-state index is -1.30. The summed E-state index contributed by atoms with van der Waals surface area (Å²) in [6.07, 6.45) is 2.18. The number of benzene rings is 2. The number of aryl methyl sites for hydroxylation is 1. The Kier molecular flexibility index (Phi) is 7.02. The van der Waals surface area contributed by atoms with E-state index in [4.69, 9.17) is 27.9 Å². The summed E-state index contributed by atoms with van der Waals surface area (Å²) in [6, 6.07) is 17.3. The molecule has 35 heavy (non-hydrogen) atoms. The molecule has 2 aromatic carbocycles. The summed E-state index contributed by atoms with van der Waals surface area (Å²) in [7, 11) is 0. The molecule has 182 valence electrons. The van der Waals surface area contributed by atoms with Gasteiger partial charge in [-0.05, 0) is 68.3 Å². The molecule has 0 amide bonds. The molecule has 0 saturated heterocycles. The third kappa shape index (κ3) is 4.97. The molecule has 3 heterocycles. The molecule has 0 unspecified atom stereocenters. The van der Waals surface area contributed by atoms with Crippen molar-refractivity contribution in [2.45, 2.75) is 45.1 Å². The van der Waals surface area contributed by atoms with Crippen molar-refractivity contribution in [1.29, 1.82) is 0 Å². The molecule has 0 saturated carbocycles. The molecule has 1 atom stereocenters. The summed E-state index contributed by atoms with van der Waals surface area (Å²) in [6.45, 7) is 6.22. The van der Waals surface area contributed by atoms with E-state index >= 15 is 0 Å². The van der Waals surface area contributed by atoms with Gasteiger partial charge in [-0.1, -0.05) is 41.4 Å². The summed E-state index contributed by atoms with van der Waals surface area (Å²) in [4.78, 5) is 9.02. The van der Waals surface area contributed by atoms with Crippen LogP contribution in [-0.4, -0.2) is 26.4 Å². The fourth-order valence-corrected chi connectivity index (χ4v) is 4.73. The smallest absolute Gasteiger partial charge is 0.159 e. The molecule has 1 aliphatic rings. The maximum absolute atomic E-state index is 11.6. The third-order valence-corrected chi connectivity index (χ3v) is 6.97. The van der Waals surface area contributed by atoms with E-state index in [9.17, 15) is 5.11 Å². The zero-order valence-electron chi connectivity index (χ0n) is 19.6. The average Bonchev–Trinajstić information content (AvgIpc) is 2.78. The van der Waals surface area contributed by atoms with Crippen molar-refractivity contribution < 1.29 is 9.84 Å². The summed E-state index contributed by atoms with van der Waals surface area (Å²) in [5, 5.41) is 17.1. The lowest BCUT2D eigenvalue weighted by molar-refractivity contribution is -0.148. The van der Waals surface area contributed by atoms with E-state index in [1.807, 2.05) is 81.6 Å². The van der Waals surface area contributed by atoms with Crippen LogP contribution in [0.15, 0.2) is 60.8 Å². The van der Waals surface area contributed by atoms with Crippen LogP contribution in [-0.2, 0) is 13.0 Å². The second-order valence-electron chi connectivity index (χ2n) is 9.30. The van der Waals surface area contributed by atoms with Crippen LogP contribution in [0.1, 0.15) is 30.5 Å². The summed E-state index contributed by atoms with van der Waals surface area (Å²) >= 11 is 12.1. The van der Waals surface area contributed by atoms with Gasteiger partial charge in [-0.3, -0.25) is 10.3 Å². The normalized spacial score (nSPS) is 18.5. The highest BCUT2D eigenvalue weighted by atomic mass is 35.5.